The maximum absolute atomic E-state index is 14.1. The molecule has 0 saturated heterocycles. The topological polar surface area (TPSA) is 228 Å². The van der Waals surface area contributed by atoms with Crippen molar-refractivity contribution in [3.63, 3.8) is 0 Å². The Morgan fingerprint density at radius 2 is 1.22 bits per heavy atom. The molecule has 55 heavy (non-hydrogen) atoms. The number of pyridine rings is 2. The molecule has 0 fully saturated rings. The average Bonchev–Trinajstić information content (AvgIpc) is 3.12. The standard InChI is InChI=1S/C39H45N9O6S/c1-9-47-36(49)31(20-40)25(7)34(38(47)51)44-42-27-14-16-29(23(5)18-27)30-17-15-28(19-33(30)55(53,54)46-24(6)13-11-12-22(3)4)43-45-35-26(8)32(21-41)37(50)48(10-2)39(35)52/h14-19,22,24,46,51-52H,9-13H2,1-8H3. The van der Waals surface area contributed by atoms with Crippen LogP contribution in [0.2, 0.25) is 0 Å². The van der Waals surface area contributed by atoms with Crippen molar-refractivity contribution in [2.24, 2.45) is 26.4 Å². The average molecular weight is 768 g/mol. The molecule has 288 valence electrons. The second-order valence-corrected chi connectivity index (χ2v) is 15.3. The third-order valence-corrected chi connectivity index (χ3v) is 10.9. The molecule has 0 radical (unpaired) electrons. The van der Waals surface area contributed by atoms with Gasteiger partial charge in [-0.3, -0.25) is 18.7 Å². The van der Waals surface area contributed by atoms with Crippen molar-refractivity contribution in [2.45, 2.75) is 98.7 Å². The van der Waals surface area contributed by atoms with Gasteiger partial charge in [0.15, 0.2) is 11.4 Å². The molecule has 1 atom stereocenters. The highest BCUT2D eigenvalue weighted by Crippen LogP contribution is 2.38. The van der Waals surface area contributed by atoms with Crippen molar-refractivity contribution in [1.29, 1.82) is 10.5 Å². The van der Waals surface area contributed by atoms with Gasteiger partial charge in [0, 0.05) is 35.8 Å². The van der Waals surface area contributed by atoms with Gasteiger partial charge in [0.2, 0.25) is 21.8 Å². The summed E-state index contributed by atoms with van der Waals surface area (Å²) in [6.45, 7) is 14.3. The van der Waals surface area contributed by atoms with Crippen LogP contribution in [0.25, 0.3) is 11.1 Å². The molecule has 0 aliphatic carbocycles. The normalized spacial score (nSPS) is 12.4. The van der Waals surface area contributed by atoms with Gasteiger partial charge in [0.1, 0.15) is 23.3 Å². The summed E-state index contributed by atoms with van der Waals surface area (Å²) < 4.78 is 33.0. The van der Waals surface area contributed by atoms with Crippen LogP contribution in [0.4, 0.5) is 22.7 Å². The molecule has 0 bridgehead atoms. The third kappa shape index (κ3) is 8.88. The van der Waals surface area contributed by atoms with Crippen molar-refractivity contribution in [3.8, 4) is 35.0 Å². The summed E-state index contributed by atoms with van der Waals surface area (Å²) in [4.78, 5) is 25.1. The summed E-state index contributed by atoms with van der Waals surface area (Å²) in [6.07, 6.45) is 2.40. The van der Waals surface area contributed by atoms with Crippen LogP contribution >= 0.6 is 0 Å². The highest BCUT2D eigenvalue weighted by molar-refractivity contribution is 7.89. The highest BCUT2D eigenvalue weighted by Gasteiger charge is 2.24. The van der Waals surface area contributed by atoms with Gasteiger partial charge >= 0.3 is 0 Å². The number of rotatable bonds is 14. The second kappa shape index (κ2) is 17.4. The number of hydrogen-bond acceptors (Lipinski definition) is 12. The molecule has 4 rings (SSSR count). The van der Waals surface area contributed by atoms with E-state index >= 15 is 0 Å². The van der Waals surface area contributed by atoms with Gasteiger partial charge in [0.05, 0.1) is 16.3 Å². The maximum atomic E-state index is 14.1. The van der Waals surface area contributed by atoms with E-state index in [1.165, 1.54) is 19.9 Å². The summed E-state index contributed by atoms with van der Waals surface area (Å²) in [6, 6.07) is 12.8. The summed E-state index contributed by atoms with van der Waals surface area (Å²) >= 11 is 0. The van der Waals surface area contributed by atoms with E-state index in [0.717, 1.165) is 22.0 Å². The zero-order valence-corrected chi connectivity index (χ0v) is 33.0. The van der Waals surface area contributed by atoms with Crippen LogP contribution in [0.3, 0.4) is 0 Å². The molecule has 15 nitrogen and oxygen atoms in total. The fourth-order valence-electron chi connectivity index (χ4n) is 6.17. The Hall–Kier alpha value is -5.97. The smallest absolute Gasteiger partial charge is 0.271 e. The number of aromatic hydroxyl groups is 2. The lowest BCUT2D eigenvalue weighted by Gasteiger charge is -2.18. The van der Waals surface area contributed by atoms with E-state index in [4.69, 9.17) is 0 Å². The number of sulfonamides is 1. The number of benzene rings is 2. The first kappa shape index (κ1) is 41.8. The van der Waals surface area contributed by atoms with Gasteiger partial charge in [-0.1, -0.05) is 38.8 Å². The van der Waals surface area contributed by atoms with Gasteiger partial charge in [-0.2, -0.15) is 20.8 Å². The summed E-state index contributed by atoms with van der Waals surface area (Å²) in [5.41, 5.74) is 0.631. The Morgan fingerprint density at radius 1 is 0.745 bits per heavy atom. The van der Waals surface area contributed by atoms with Crippen molar-refractivity contribution in [2.75, 3.05) is 0 Å². The minimum atomic E-state index is -4.15. The first-order valence-electron chi connectivity index (χ1n) is 17.8. The number of azo groups is 2. The van der Waals surface area contributed by atoms with Crippen molar-refractivity contribution in [3.05, 3.63) is 84.9 Å². The van der Waals surface area contributed by atoms with Crippen molar-refractivity contribution < 1.29 is 18.6 Å². The van der Waals surface area contributed by atoms with Crippen LogP contribution in [0.1, 0.15) is 81.7 Å². The lowest BCUT2D eigenvalue weighted by molar-refractivity contribution is 0.411. The quantitative estimate of drug-likeness (QED) is 0.106. The van der Waals surface area contributed by atoms with E-state index in [0.29, 0.717) is 34.7 Å². The third-order valence-electron chi connectivity index (χ3n) is 9.23. The van der Waals surface area contributed by atoms with Crippen LogP contribution in [0, 0.1) is 49.4 Å². The molecular formula is C39H45N9O6S. The zero-order valence-electron chi connectivity index (χ0n) is 32.2. The van der Waals surface area contributed by atoms with Gasteiger partial charge in [-0.05, 0) is 89.3 Å². The Balaban J connectivity index is 1.82. The minimum absolute atomic E-state index is 0.0210. The molecular weight excluding hydrogens is 723 g/mol. The lowest BCUT2D eigenvalue weighted by Crippen LogP contribution is -2.33. The molecule has 2 heterocycles. The Morgan fingerprint density at radius 3 is 1.65 bits per heavy atom. The minimum Gasteiger partial charge on any atom is -0.493 e. The fourth-order valence-corrected chi connectivity index (χ4v) is 7.68. The Kier molecular flexibility index (Phi) is 13.3. The van der Waals surface area contributed by atoms with Crippen molar-refractivity contribution in [1.82, 2.24) is 13.9 Å². The van der Waals surface area contributed by atoms with E-state index in [9.17, 15) is 38.7 Å². The predicted molar refractivity (Wildman–Crippen MR) is 208 cm³/mol. The van der Waals surface area contributed by atoms with Crippen molar-refractivity contribution >= 4 is 32.8 Å². The van der Waals surface area contributed by atoms with E-state index in [1.807, 2.05) is 12.1 Å². The zero-order chi connectivity index (χ0) is 40.8. The van der Waals surface area contributed by atoms with Crippen LogP contribution in [0.5, 0.6) is 11.8 Å². The van der Waals surface area contributed by atoms with E-state index in [-0.39, 0.29) is 63.3 Å². The first-order chi connectivity index (χ1) is 26.0. The summed E-state index contributed by atoms with van der Waals surface area (Å²) in [7, 11) is -4.15. The van der Waals surface area contributed by atoms with E-state index < -0.39 is 32.9 Å². The fraction of sp³-hybridized carbons (Fsp3) is 0.385. The molecule has 3 N–H and O–H groups in total. The predicted octanol–water partition coefficient (Wildman–Crippen LogP) is 8.12. The van der Waals surface area contributed by atoms with Crippen LogP contribution in [-0.4, -0.2) is 33.8 Å². The molecule has 0 aliphatic rings. The number of nitriles is 2. The van der Waals surface area contributed by atoms with Crippen LogP contribution < -0.4 is 15.8 Å². The monoisotopic (exact) mass is 767 g/mol. The van der Waals surface area contributed by atoms with Gasteiger partial charge in [0.25, 0.3) is 11.1 Å². The number of aromatic nitrogens is 2. The number of nitrogens with one attached hydrogen (secondary N) is 1. The molecule has 2 aromatic heterocycles. The SMILES string of the molecule is CCn1c(O)c(N=Nc2ccc(-c3ccc(N=Nc4c(C)c(C#N)c(=O)n(CC)c4O)cc3S(=O)(=O)NC(C)CCCC(C)C)c(C)c2)c(C)c(C#N)c1=O. The molecule has 1 unspecified atom stereocenters. The highest BCUT2D eigenvalue weighted by atomic mass is 32.2. The van der Waals surface area contributed by atoms with E-state index in [2.05, 4.69) is 39.0 Å². The molecule has 4 aromatic rings. The molecule has 16 heteroatoms. The molecule has 2 aromatic carbocycles. The molecule has 0 amide bonds. The first-order valence-corrected chi connectivity index (χ1v) is 19.3. The number of nitrogens with zero attached hydrogens (tertiary/aromatic N) is 8. The maximum Gasteiger partial charge on any atom is 0.271 e. The number of aryl methyl sites for hydroxylation is 1. The van der Waals surface area contributed by atoms with Gasteiger partial charge < -0.3 is 10.2 Å². The molecule has 0 aliphatic heterocycles. The van der Waals surface area contributed by atoms with Gasteiger partial charge in [-0.25, -0.2) is 13.1 Å². The second-order valence-electron chi connectivity index (χ2n) is 13.6. The van der Waals surface area contributed by atoms with E-state index in [1.54, 1.807) is 58.0 Å². The Labute approximate surface area is 320 Å². The number of hydrogen-bond donors (Lipinski definition) is 3. The lowest BCUT2D eigenvalue weighted by atomic mass is 9.99. The summed E-state index contributed by atoms with van der Waals surface area (Å²) in [5, 5.41) is 57.5. The molecule has 0 saturated carbocycles. The van der Waals surface area contributed by atoms with Gasteiger partial charge in [-0.15, -0.1) is 10.2 Å². The Bertz CT molecular complexity index is 2510. The molecule has 0 spiro atoms. The summed E-state index contributed by atoms with van der Waals surface area (Å²) in [5.74, 6) is -0.408. The largest absolute Gasteiger partial charge is 0.493 e. The van der Waals surface area contributed by atoms with Crippen LogP contribution in [0.15, 0.2) is 71.3 Å². The van der Waals surface area contributed by atoms with Crippen LogP contribution in [-0.2, 0) is 23.1 Å².